The molecule has 0 amide bonds. The molecule has 20 atom stereocenters. The van der Waals surface area contributed by atoms with Gasteiger partial charge in [-0.05, 0) is 207 Å². The zero-order valence-corrected chi connectivity index (χ0v) is 43.7. The number of ketones is 2. The highest BCUT2D eigenvalue weighted by Crippen LogP contribution is 2.67. The fourth-order valence-electron chi connectivity index (χ4n) is 20.7. The molecule has 0 aromatic rings. The quantitative estimate of drug-likeness (QED) is 0.257. The van der Waals surface area contributed by atoms with Gasteiger partial charge in [-0.15, -0.1) is 0 Å². The third-order valence-electron chi connectivity index (χ3n) is 24.0. The Morgan fingerprint density at radius 2 is 1.08 bits per heavy atom. The lowest BCUT2D eigenvalue weighted by molar-refractivity contribution is -0.130. The topological polar surface area (TPSA) is 59.1 Å². The molecule has 10 fully saturated rings. The van der Waals surface area contributed by atoms with E-state index >= 15 is 0 Å². The lowest BCUT2D eigenvalue weighted by Gasteiger charge is -2.52. The van der Waals surface area contributed by atoms with Crippen molar-refractivity contribution in [1.82, 2.24) is 9.80 Å². The van der Waals surface area contributed by atoms with Gasteiger partial charge in [0.15, 0.2) is 0 Å². The molecule has 12 rings (SSSR count). The number of allylic oxidation sites excluding steroid dienone is 2. The summed E-state index contributed by atoms with van der Waals surface area (Å²) in [5, 5.41) is 0. The first-order valence-corrected chi connectivity index (χ1v) is 28.7. The van der Waals surface area contributed by atoms with Gasteiger partial charge in [0.25, 0.3) is 0 Å². The summed E-state index contributed by atoms with van der Waals surface area (Å²) in [7, 11) is 2.33. The van der Waals surface area contributed by atoms with Crippen molar-refractivity contribution in [2.45, 2.75) is 233 Å². The Morgan fingerprint density at radius 3 is 1.58 bits per heavy atom. The number of rotatable bonds is 2. The Kier molecular flexibility index (Phi) is 12.2. The monoisotopic (exact) mass is 907 g/mol. The van der Waals surface area contributed by atoms with Crippen LogP contribution in [0.15, 0.2) is 22.3 Å². The summed E-state index contributed by atoms with van der Waals surface area (Å²) >= 11 is 0. The van der Waals surface area contributed by atoms with Crippen molar-refractivity contribution < 1.29 is 19.1 Å². The zero-order valence-electron chi connectivity index (χ0n) is 43.7. The van der Waals surface area contributed by atoms with Crippen LogP contribution in [0.3, 0.4) is 0 Å². The van der Waals surface area contributed by atoms with Crippen molar-refractivity contribution in [3.8, 4) is 0 Å². The van der Waals surface area contributed by atoms with E-state index in [1.165, 1.54) is 110 Å². The first-order valence-electron chi connectivity index (χ1n) is 28.7. The maximum absolute atomic E-state index is 12.2. The number of likely N-dealkylation sites (N-methyl/N-ethyl adjacent to an activating group) is 1. The number of fused-ring (bicyclic) bond motifs is 12. The number of Topliss-reactive ketones (excluding diaryl/α,β-unsaturated/α-hetero) is 2. The Labute approximate surface area is 402 Å². The minimum Gasteiger partial charge on any atom is -0.369 e. The van der Waals surface area contributed by atoms with E-state index in [0.717, 1.165) is 92.3 Å². The van der Waals surface area contributed by atoms with E-state index in [9.17, 15) is 9.59 Å². The van der Waals surface area contributed by atoms with Gasteiger partial charge in [-0.1, -0.05) is 70.8 Å². The van der Waals surface area contributed by atoms with E-state index < -0.39 is 0 Å². The molecule has 4 heterocycles. The molecule has 0 unspecified atom stereocenters. The summed E-state index contributed by atoms with van der Waals surface area (Å²) in [5.41, 5.74) is 7.93. The number of carbonyl (C=O) groups excluding carboxylic acids is 2. The molecular formula is C60H94N2O4. The lowest BCUT2D eigenvalue weighted by Crippen LogP contribution is -2.52. The van der Waals surface area contributed by atoms with E-state index in [4.69, 9.17) is 9.47 Å². The molecule has 4 aliphatic heterocycles. The second-order valence-corrected chi connectivity index (χ2v) is 27.4. The molecule has 12 aliphatic rings. The van der Waals surface area contributed by atoms with Crippen LogP contribution in [0.5, 0.6) is 0 Å². The van der Waals surface area contributed by atoms with E-state index in [1.807, 2.05) is 11.1 Å². The maximum Gasteiger partial charge on any atom is 0.133 e. The number of nitrogens with zero attached hydrogens (tertiary/aromatic N) is 2. The number of likely N-dealkylation sites (tertiary alicyclic amines) is 2. The van der Waals surface area contributed by atoms with Gasteiger partial charge in [-0.3, -0.25) is 14.5 Å². The molecule has 0 aromatic carbocycles. The van der Waals surface area contributed by atoms with Gasteiger partial charge in [0, 0.05) is 62.7 Å². The zero-order chi connectivity index (χ0) is 46.2. The molecule has 0 N–H and O–H groups in total. The van der Waals surface area contributed by atoms with Crippen LogP contribution in [0.4, 0.5) is 0 Å². The molecule has 8 aliphatic carbocycles. The summed E-state index contributed by atoms with van der Waals surface area (Å²) in [6.45, 7) is 26.0. The van der Waals surface area contributed by atoms with Gasteiger partial charge in [-0.2, -0.15) is 0 Å². The average molecular weight is 907 g/mol. The van der Waals surface area contributed by atoms with E-state index in [0.29, 0.717) is 70.4 Å². The second kappa shape index (κ2) is 17.2. The molecule has 4 saturated heterocycles. The number of carbonyl (C=O) groups is 2. The van der Waals surface area contributed by atoms with Crippen molar-refractivity contribution in [2.75, 3.05) is 26.7 Å². The predicted octanol–water partition coefficient (Wildman–Crippen LogP) is 12.8. The van der Waals surface area contributed by atoms with Gasteiger partial charge in [0.2, 0.25) is 0 Å². The average Bonchev–Trinajstić information content (AvgIpc) is 3.94. The summed E-state index contributed by atoms with van der Waals surface area (Å²) in [5.74, 6) is 10.00. The van der Waals surface area contributed by atoms with Crippen LogP contribution in [-0.2, 0) is 19.1 Å². The van der Waals surface area contributed by atoms with E-state index in [2.05, 4.69) is 79.2 Å². The fraction of sp³-hybridized carbons (Fsp3) is 0.900. The van der Waals surface area contributed by atoms with E-state index in [-0.39, 0.29) is 11.2 Å². The van der Waals surface area contributed by atoms with Crippen LogP contribution < -0.4 is 0 Å². The van der Waals surface area contributed by atoms with Gasteiger partial charge < -0.3 is 14.4 Å². The van der Waals surface area contributed by atoms with Crippen LogP contribution in [0.25, 0.3) is 0 Å². The Balaban J connectivity index is 0.000000146. The van der Waals surface area contributed by atoms with Crippen molar-refractivity contribution in [2.24, 2.45) is 81.8 Å². The molecule has 6 saturated carbocycles. The van der Waals surface area contributed by atoms with Gasteiger partial charge in [-0.25, -0.2) is 0 Å². The smallest absolute Gasteiger partial charge is 0.133 e. The SMILES string of the molecule is CC1=C2C[C@H]3[C@@H](CC[C@@H]4CC(=O)CC[C@@]43C)[C@@H]2CC[C@@]2(C1)O[C@@H]1C[C@H](C)CN(C)[C@H]1[C@H]2C.CCCN1C[C@@H](C)C[C@H]2O[C@]3(CC[C@@H]4C(=C(C)C3)C[C@H]3[C@H]4CC[C@@H]4CC(=O)CC[C@@]43C)[C@H](C)[C@@H]21. The van der Waals surface area contributed by atoms with Gasteiger partial charge in [0.1, 0.15) is 11.6 Å². The van der Waals surface area contributed by atoms with Crippen molar-refractivity contribution in [1.29, 1.82) is 0 Å². The van der Waals surface area contributed by atoms with Crippen LogP contribution >= 0.6 is 0 Å². The minimum absolute atomic E-state index is 0.0562. The first-order chi connectivity index (χ1) is 31.5. The van der Waals surface area contributed by atoms with Crippen LogP contribution in [0.2, 0.25) is 0 Å². The molecule has 0 bridgehead atoms. The van der Waals surface area contributed by atoms with Gasteiger partial charge >= 0.3 is 0 Å². The normalized spacial score (nSPS) is 52.3. The molecule has 0 radical (unpaired) electrons. The van der Waals surface area contributed by atoms with E-state index in [1.54, 1.807) is 11.1 Å². The molecule has 6 nitrogen and oxygen atoms in total. The molecule has 2 spiro atoms. The highest BCUT2D eigenvalue weighted by Gasteiger charge is 2.62. The fourth-order valence-corrected chi connectivity index (χ4v) is 20.7. The van der Waals surface area contributed by atoms with Crippen LogP contribution in [0.1, 0.15) is 197 Å². The Hall–Kier alpha value is -1.34. The number of piperidine rings is 2. The molecule has 368 valence electrons. The molecule has 66 heavy (non-hydrogen) atoms. The number of hydrogen-bond donors (Lipinski definition) is 0. The summed E-state index contributed by atoms with van der Waals surface area (Å²) in [6.07, 6.45) is 25.7. The molecule has 6 heteroatoms. The van der Waals surface area contributed by atoms with Crippen molar-refractivity contribution in [3.05, 3.63) is 22.3 Å². The third-order valence-corrected chi connectivity index (χ3v) is 24.0. The third kappa shape index (κ3) is 7.38. The maximum atomic E-state index is 12.2. The Morgan fingerprint density at radius 1 is 0.606 bits per heavy atom. The summed E-state index contributed by atoms with van der Waals surface area (Å²) in [6, 6.07) is 1.22. The Bertz CT molecular complexity index is 1970. The summed E-state index contributed by atoms with van der Waals surface area (Å²) in [4.78, 5) is 29.9. The van der Waals surface area contributed by atoms with Crippen molar-refractivity contribution >= 4 is 11.6 Å². The van der Waals surface area contributed by atoms with Crippen LogP contribution in [-0.4, -0.2) is 83.5 Å². The summed E-state index contributed by atoms with van der Waals surface area (Å²) < 4.78 is 14.3. The molecule has 0 aromatic heterocycles. The minimum atomic E-state index is 0.0562. The number of hydrogen-bond acceptors (Lipinski definition) is 6. The number of ether oxygens (including phenoxy) is 2. The lowest BCUT2D eigenvalue weighted by atomic mass is 9.52. The highest BCUT2D eigenvalue weighted by atomic mass is 16.5. The largest absolute Gasteiger partial charge is 0.369 e. The molecular weight excluding hydrogens is 813 g/mol. The predicted molar refractivity (Wildman–Crippen MR) is 266 cm³/mol. The standard InChI is InChI=1S/C31H49NO2.C29H45NO2/c1-6-13-32-18-19(2)14-28-29(32)21(4)31(34-28)12-10-24-25-8-7-22-15-23(33)9-11-30(22,5)27(25)16-26(24)20(3)17-31;1-17-12-26-27(30(5)16-17)19(3)29(32-26)11-9-22-23-7-6-20-13-21(31)8-10-28(20,4)25(23)14-24(22)18(2)15-29/h19,21-22,24-25,27-29H,6-18H2,1-5H3;17,19-20,22-23,25-27H,6-16H2,1-5H3/t19-,21+,22+,24-,25-,27-,28+,29-,30-,31-;17-,19+,20+,22-,23-,25-,26+,27-,28-,29-/m00/s1. The van der Waals surface area contributed by atoms with Gasteiger partial charge in [0.05, 0.1) is 23.4 Å². The second-order valence-electron chi connectivity index (χ2n) is 27.4. The van der Waals surface area contributed by atoms with Crippen molar-refractivity contribution in [3.63, 3.8) is 0 Å². The van der Waals surface area contributed by atoms with Crippen LogP contribution in [0, 0.1) is 81.8 Å². The first kappa shape index (κ1) is 47.0. The highest BCUT2D eigenvalue weighted by molar-refractivity contribution is 5.80.